The molecule has 0 saturated carbocycles. The summed E-state index contributed by atoms with van der Waals surface area (Å²) in [6, 6.07) is 10.9. The number of pyridine rings is 1. The van der Waals surface area contributed by atoms with Gasteiger partial charge in [-0.25, -0.2) is 0 Å². The van der Waals surface area contributed by atoms with Gasteiger partial charge in [-0.15, -0.1) is 0 Å². The summed E-state index contributed by atoms with van der Waals surface area (Å²) in [7, 11) is 0. The second-order valence-corrected chi connectivity index (χ2v) is 5.03. The molecule has 1 saturated heterocycles. The van der Waals surface area contributed by atoms with Crippen molar-refractivity contribution in [2.45, 2.75) is 6.92 Å². The van der Waals surface area contributed by atoms with E-state index in [4.69, 9.17) is 0 Å². The zero-order chi connectivity index (χ0) is 13.1. The number of hydrogen-bond donors (Lipinski definition) is 1. The first-order valence-electron chi connectivity index (χ1n) is 6.81. The second-order valence-electron chi connectivity index (χ2n) is 5.03. The number of aryl methyl sites for hydroxylation is 1. The van der Waals surface area contributed by atoms with Crippen molar-refractivity contribution in [3.63, 3.8) is 0 Å². The van der Waals surface area contributed by atoms with Crippen LogP contribution in [0.2, 0.25) is 0 Å². The number of aromatic nitrogens is 1. The number of nitrogens with zero attached hydrogens (tertiary/aromatic N) is 2. The SMILES string of the molecule is Cc1ccc(-c2cncc(N3CCNCC3)c2)cc1. The van der Waals surface area contributed by atoms with Gasteiger partial charge in [0.05, 0.1) is 11.9 Å². The highest BCUT2D eigenvalue weighted by Gasteiger charge is 2.11. The molecule has 0 aliphatic carbocycles. The zero-order valence-corrected chi connectivity index (χ0v) is 11.3. The molecule has 0 spiro atoms. The van der Waals surface area contributed by atoms with Crippen molar-refractivity contribution >= 4 is 5.69 Å². The highest BCUT2D eigenvalue weighted by Crippen LogP contribution is 2.24. The Bertz CT molecular complexity index is 542. The molecule has 2 heterocycles. The van der Waals surface area contributed by atoms with Crippen LogP contribution < -0.4 is 10.2 Å². The molecular formula is C16H19N3. The van der Waals surface area contributed by atoms with E-state index in [0.717, 1.165) is 26.2 Å². The van der Waals surface area contributed by atoms with Gasteiger partial charge in [-0.1, -0.05) is 29.8 Å². The fourth-order valence-corrected chi connectivity index (χ4v) is 2.43. The van der Waals surface area contributed by atoms with E-state index in [-0.39, 0.29) is 0 Å². The number of piperazine rings is 1. The molecule has 3 rings (SSSR count). The largest absolute Gasteiger partial charge is 0.368 e. The van der Waals surface area contributed by atoms with E-state index in [1.807, 2.05) is 12.4 Å². The van der Waals surface area contributed by atoms with E-state index >= 15 is 0 Å². The van der Waals surface area contributed by atoms with Crippen molar-refractivity contribution < 1.29 is 0 Å². The number of anilines is 1. The zero-order valence-electron chi connectivity index (χ0n) is 11.3. The van der Waals surface area contributed by atoms with E-state index in [1.165, 1.54) is 22.4 Å². The average molecular weight is 253 g/mol. The standard InChI is InChI=1S/C16H19N3/c1-13-2-4-14(5-3-13)15-10-16(12-18-11-15)19-8-6-17-7-9-19/h2-5,10-12,17H,6-9H2,1H3. The van der Waals surface area contributed by atoms with Gasteiger partial charge in [-0.05, 0) is 18.6 Å². The lowest BCUT2D eigenvalue weighted by atomic mass is 10.1. The number of hydrogen-bond acceptors (Lipinski definition) is 3. The molecular weight excluding hydrogens is 234 g/mol. The Morgan fingerprint density at radius 1 is 1.00 bits per heavy atom. The van der Waals surface area contributed by atoms with Crippen LogP contribution in [0.1, 0.15) is 5.56 Å². The van der Waals surface area contributed by atoms with E-state index in [9.17, 15) is 0 Å². The third-order valence-electron chi connectivity index (χ3n) is 3.59. The minimum atomic E-state index is 1.05. The van der Waals surface area contributed by atoms with Crippen LogP contribution >= 0.6 is 0 Å². The smallest absolute Gasteiger partial charge is 0.0559 e. The molecule has 1 aromatic heterocycles. The maximum Gasteiger partial charge on any atom is 0.0559 e. The summed E-state index contributed by atoms with van der Waals surface area (Å²) in [4.78, 5) is 6.79. The third-order valence-corrected chi connectivity index (χ3v) is 3.59. The molecule has 0 radical (unpaired) electrons. The Morgan fingerprint density at radius 3 is 2.47 bits per heavy atom. The van der Waals surface area contributed by atoms with Crippen molar-refractivity contribution in [3.05, 3.63) is 48.3 Å². The monoisotopic (exact) mass is 253 g/mol. The predicted octanol–water partition coefficient (Wildman–Crippen LogP) is 2.47. The summed E-state index contributed by atoms with van der Waals surface area (Å²) in [5, 5.41) is 3.37. The van der Waals surface area contributed by atoms with Gasteiger partial charge in [-0.3, -0.25) is 4.98 Å². The third kappa shape index (κ3) is 2.76. The minimum absolute atomic E-state index is 1.05. The van der Waals surface area contributed by atoms with Crippen LogP contribution in [0.15, 0.2) is 42.7 Å². The first-order chi connectivity index (χ1) is 9.33. The van der Waals surface area contributed by atoms with Crippen LogP contribution in [0, 0.1) is 6.92 Å². The Kier molecular flexibility index (Phi) is 3.47. The molecule has 2 aromatic rings. The Labute approximate surface area is 114 Å². The van der Waals surface area contributed by atoms with Gasteiger partial charge < -0.3 is 10.2 Å². The Hall–Kier alpha value is -1.87. The molecule has 1 N–H and O–H groups in total. The van der Waals surface area contributed by atoms with Crippen molar-refractivity contribution in [3.8, 4) is 11.1 Å². The number of nitrogens with one attached hydrogen (secondary N) is 1. The topological polar surface area (TPSA) is 28.2 Å². The molecule has 98 valence electrons. The van der Waals surface area contributed by atoms with Crippen LogP contribution in [-0.2, 0) is 0 Å². The normalized spacial score (nSPS) is 15.5. The first-order valence-corrected chi connectivity index (χ1v) is 6.81. The number of benzene rings is 1. The van der Waals surface area contributed by atoms with E-state index in [1.54, 1.807) is 0 Å². The van der Waals surface area contributed by atoms with Crippen molar-refractivity contribution in [1.29, 1.82) is 0 Å². The van der Waals surface area contributed by atoms with Gasteiger partial charge in [0.1, 0.15) is 0 Å². The summed E-state index contributed by atoms with van der Waals surface area (Å²) in [6.07, 6.45) is 3.90. The fraction of sp³-hybridized carbons (Fsp3) is 0.312. The average Bonchev–Trinajstić information content (AvgIpc) is 2.49. The molecule has 1 fully saturated rings. The maximum absolute atomic E-state index is 4.40. The Balaban J connectivity index is 1.88. The molecule has 3 heteroatoms. The van der Waals surface area contributed by atoms with E-state index in [2.05, 4.69) is 52.5 Å². The molecule has 3 nitrogen and oxygen atoms in total. The summed E-state index contributed by atoms with van der Waals surface area (Å²) in [5.41, 5.74) is 4.93. The summed E-state index contributed by atoms with van der Waals surface area (Å²) in [5.74, 6) is 0. The van der Waals surface area contributed by atoms with Crippen LogP contribution in [0.3, 0.4) is 0 Å². The van der Waals surface area contributed by atoms with Gasteiger partial charge in [0, 0.05) is 37.9 Å². The molecule has 0 unspecified atom stereocenters. The summed E-state index contributed by atoms with van der Waals surface area (Å²) in [6.45, 7) is 6.32. The van der Waals surface area contributed by atoms with Gasteiger partial charge in [0.25, 0.3) is 0 Å². The highest BCUT2D eigenvalue weighted by molar-refractivity contribution is 5.67. The first kappa shape index (κ1) is 12.2. The molecule has 1 aromatic carbocycles. The molecule has 0 atom stereocenters. The van der Waals surface area contributed by atoms with Crippen LogP contribution in [0.4, 0.5) is 5.69 Å². The fourth-order valence-electron chi connectivity index (χ4n) is 2.43. The lowest BCUT2D eigenvalue weighted by Gasteiger charge is -2.29. The van der Waals surface area contributed by atoms with Gasteiger partial charge >= 0.3 is 0 Å². The Morgan fingerprint density at radius 2 is 1.74 bits per heavy atom. The molecule has 19 heavy (non-hydrogen) atoms. The van der Waals surface area contributed by atoms with E-state index in [0.29, 0.717) is 0 Å². The quantitative estimate of drug-likeness (QED) is 0.891. The lowest BCUT2D eigenvalue weighted by Crippen LogP contribution is -2.43. The summed E-state index contributed by atoms with van der Waals surface area (Å²) >= 11 is 0. The highest BCUT2D eigenvalue weighted by atomic mass is 15.2. The molecule has 1 aliphatic heterocycles. The number of rotatable bonds is 2. The maximum atomic E-state index is 4.40. The van der Waals surface area contributed by atoms with Crippen molar-refractivity contribution in [2.75, 3.05) is 31.1 Å². The lowest BCUT2D eigenvalue weighted by molar-refractivity contribution is 0.589. The summed E-state index contributed by atoms with van der Waals surface area (Å²) < 4.78 is 0. The van der Waals surface area contributed by atoms with Crippen LogP contribution in [-0.4, -0.2) is 31.2 Å². The predicted molar refractivity (Wildman–Crippen MR) is 79.5 cm³/mol. The minimum Gasteiger partial charge on any atom is -0.368 e. The van der Waals surface area contributed by atoms with E-state index < -0.39 is 0 Å². The van der Waals surface area contributed by atoms with Gasteiger partial charge in [0.2, 0.25) is 0 Å². The molecule has 1 aliphatic rings. The van der Waals surface area contributed by atoms with Crippen molar-refractivity contribution in [2.24, 2.45) is 0 Å². The molecule has 0 amide bonds. The van der Waals surface area contributed by atoms with Crippen LogP contribution in [0.5, 0.6) is 0 Å². The van der Waals surface area contributed by atoms with Gasteiger partial charge in [-0.2, -0.15) is 0 Å². The molecule has 0 bridgehead atoms. The second kappa shape index (κ2) is 5.41. The van der Waals surface area contributed by atoms with Crippen LogP contribution in [0.25, 0.3) is 11.1 Å². The van der Waals surface area contributed by atoms with Crippen molar-refractivity contribution in [1.82, 2.24) is 10.3 Å². The van der Waals surface area contributed by atoms with Gasteiger partial charge in [0.15, 0.2) is 0 Å².